The minimum absolute atomic E-state index is 0.203. The molecule has 0 aliphatic heterocycles. The third-order valence-electron chi connectivity index (χ3n) is 2.28. The molecule has 3 nitrogen and oxygen atoms in total. The molecule has 1 unspecified atom stereocenters. The van der Waals surface area contributed by atoms with Crippen LogP contribution in [0, 0.1) is 12.5 Å². The largest absolute Gasteiger partial charge is 0.469 e. The summed E-state index contributed by atoms with van der Waals surface area (Å²) >= 11 is 1.65. The predicted molar refractivity (Wildman–Crippen MR) is 69.6 cm³/mol. The van der Waals surface area contributed by atoms with E-state index in [9.17, 15) is 4.79 Å². The van der Waals surface area contributed by atoms with E-state index < -0.39 is 0 Å². The minimum atomic E-state index is -0.314. The van der Waals surface area contributed by atoms with Crippen LogP contribution in [0.3, 0.4) is 0 Å². The predicted octanol–water partition coefficient (Wildman–Crippen LogP) is 2.63. The maximum atomic E-state index is 11.4. The average molecular weight is 249 g/mol. The van der Waals surface area contributed by atoms with Gasteiger partial charge in [-0.25, -0.2) is 6.57 Å². The quantitative estimate of drug-likeness (QED) is 0.573. The molecule has 0 heterocycles. The van der Waals surface area contributed by atoms with Crippen molar-refractivity contribution in [3.8, 4) is 0 Å². The van der Waals surface area contributed by atoms with Gasteiger partial charge in [-0.05, 0) is 5.56 Å². The third-order valence-corrected chi connectivity index (χ3v) is 3.45. The Bertz CT molecular complexity index is 386. The molecule has 0 aliphatic rings. The zero-order valence-electron chi connectivity index (χ0n) is 9.76. The maximum Gasteiger partial charge on any atom is 0.317 e. The summed E-state index contributed by atoms with van der Waals surface area (Å²) in [4.78, 5) is 14.6. The molecule has 0 spiro atoms. The van der Waals surface area contributed by atoms with E-state index in [1.165, 1.54) is 12.7 Å². The first-order valence-corrected chi connectivity index (χ1v) is 6.46. The fourth-order valence-electron chi connectivity index (χ4n) is 1.37. The van der Waals surface area contributed by atoms with Gasteiger partial charge in [0.25, 0.3) is 0 Å². The Morgan fingerprint density at radius 3 is 2.76 bits per heavy atom. The highest BCUT2D eigenvalue weighted by molar-refractivity contribution is 7.98. The maximum absolute atomic E-state index is 11.4. The number of carbonyl (C=O) groups is 1. The van der Waals surface area contributed by atoms with Crippen LogP contribution in [0.25, 0.3) is 4.85 Å². The molecule has 17 heavy (non-hydrogen) atoms. The monoisotopic (exact) mass is 249 g/mol. The minimum Gasteiger partial charge on any atom is -0.469 e. The topological polar surface area (TPSA) is 30.7 Å². The van der Waals surface area contributed by atoms with Gasteiger partial charge >= 0.3 is 5.97 Å². The SMILES string of the molecule is [C-]#[N+]CC(CSCc1ccccc1)C(=O)OC. The van der Waals surface area contributed by atoms with Gasteiger partial charge in [-0.1, -0.05) is 30.3 Å². The van der Waals surface area contributed by atoms with Crippen molar-refractivity contribution in [3.63, 3.8) is 0 Å². The summed E-state index contributed by atoms with van der Waals surface area (Å²) in [5.74, 6) is 0.879. The van der Waals surface area contributed by atoms with Crippen LogP contribution < -0.4 is 0 Å². The molecule has 0 N–H and O–H groups in total. The lowest BCUT2D eigenvalue weighted by molar-refractivity contribution is -0.144. The van der Waals surface area contributed by atoms with Crippen molar-refractivity contribution in [3.05, 3.63) is 47.3 Å². The van der Waals surface area contributed by atoms with Gasteiger partial charge in [-0.2, -0.15) is 11.8 Å². The molecule has 0 radical (unpaired) electrons. The van der Waals surface area contributed by atoms with Crippen LogP contribution in [0.5, 0.6) is 0 Å². The van der Waals surface area contributed by atoms with E-state index in [0.717, 1.165) is 5.75 Å². The zero-order chi connectivity index (χ0) is 12.5. The number of benzene rings is 1. The van der Waals surface area contributed by atoms with Crippen LogP contribution in [-0.4, -0.2) is 25.4 Å². The van der Waals surface area contributed by atoms with E-state index >= 15 is 0 Å². The fraction of sp³-hybridized carbons (Fsp3) is 0.385. The van der Waals surface area contributed by atoms with Crippen molar-refractivity contribution in [2.75, 3.05) is 19.4 Å². The van der Waals surface area contributed by atoms with Crippen LogP contribution in [0.1, 0.15) is 5.56 Å². The third kappa shape index (κ3) is 4.92. The Hall–Kier alpha value is -1.47. The average Bonchev–Trinajstić information content (AvgIpc) is 2.38. The number of methoxy groups -OCH3 is 1. The molecule has 0 aliphatic carbocycles. The van der Waals surface area contributed by atoms with Gasteiger partial charge < -0.3 is 9.58 Å². The lowest BCUT2D eigenvalue weighted by Crippen LogP contribution is -2.21. The number of hydrogen-bond acceptors (Lipinski definition) is 3. The lowest BCUT2D eigenvalue weighted by atomic mass is 10.2. The van der Waals surface area contributed by atoms with Crippen molar-refractivity contribution in [2.24, 2.45) is 5.92 Å². The number of carbonyl (C=O) groups excluding carboxylic acids is 1. The molecule has 90 valence electrons. The van der Waals surface area contributed by atoms with Crippen molar-refractivity contribution in [1.29, 1.82) is 0 Å². The van der Waals surface area contributed by atoms with Gasteiger partial charge in [0, 0.05) is 11.5 Å². The first-order valence-electron chi connectivity index (χ1n) is 5.30. The molecule has 4 heteroatoms. The van der Waals surface area contributed by atoms with Crippen LogP contribution in [0.15, 0.2) is 30.3 Å². The van der Waals surface area contributed by atoms with E-state index in [1.54, 1.807) is 11.8 Å². The Labute approximate surface area is 106 Å². The number of thioether (sulfide) groups is 1. The van der Waals surface area contributed by atoms with Crippen molar-refractivity contribution in [1.82, 2.24) is 0 Å². The van der Waals surface area contributed by atoms with Gasteiger partial charge in [-0.3, -0.25) is 4.79 Å². The summed E-state index contributed by atoms with van der Waals surface area (Å²) in [7, 11) is 1.36. The molecule has 0 saturated carbocycles. The number of ether oxygens (including phenoxy) is 1. The smallest absolute Gasteiger partial charge is 0.317 e. The van der Waals surface area contributed by atoms with E-state index in [1.807, 2.05) is 18.2 Å². The van der Waals surface area contributed by atoms with Gasteiger partial charge in [0.05, 0.1) is 7.11 Å². The molecular formula is C13H15NO2S. The first-order chi connectivity index (χ1) is 8.27. The van der Waals surface area contributed by atoms with E-state index in [4.69, 9.17) is 6.57 Å². The zero-order valence-corrected chi connectivity index (χ0v) is 10.6. The molecule has 0 aromatic heterocycles. The first kappa shape index (κ1) is 13.6. The Morgan fingerprint density at radius 2 is 2.18 bits per heavy atom. The van der Waals surface area contributed by atoms with E-state index in [2.05, 4.69) is 21.7 Å². The molecular weight excluding hydrogens is 234 g/mol. The second-order valence-corrected chi connectivity index (χ2v) is 4.59. The highest BCUT2D eigenvalue weighted by Gasteiger charge is 2.21. The van der Waals surface area contributed by atoms with Crippen molar-refractivity contribution in [2.45, 2.75) is 5.75 Å². The fourth-order valence-corrected chi connectivity index (χ4v) is 2.44. The molecule has 0 bridgehead atoms. The number of rotatable bonds is 6. The number of nitrogens with zero attached hydrogens (tertiary/aromatic N) is 1. The van der Waals surface area contributed by atoms with E-state index in [0.29, 0.717) is 5.75 Å². The summed E-state index contributed by atoms with van der Waals surface area (Å²) < 4.78 is 4.67. The Kier molecular flexibility index (Phi) is 6.19. The lowest BCUT2D eigenvalue weighted by Gasteiger charge is -2.08. The van der Waals surface area contributed by atoms with Crippen LogP contribution >= 0.6 is 11.8 Å². The summed E-state index contributed by atoms with van der Waals surface area (Å²) in [6.45, 7) is 7.01. The molecule has 1 atom stereocenters. The highest BCUT2D eigenvalue weighted by Crippen LogP contribution is 2.16. The van der Waals surface area contributed by atoms with Gasteiger partial charge in [-0.15, -0.1) is 0 Å². The molecule has 0 saturated heterocycles. The van der Waals surface area contributed by atoms with Crippen LogP contribution in [0.4, 0.5) is 0 Å². The highest BCUT2D eigenvalue weighted by atomic mass is 32.2. The van der Waals surface area contributed by atoms with E-state index in [-0.39, 0.29) is 18.4 Å². The van der Waals surface area contributed by atoms with Crippen molar-refractivity contribution < 1.29 is 9.53 Å². The second-order valence-electron chi connectivity index (χ2n) is 3.56. The molecule has 0 fully saturated rings. The Balaban J connectivity index is 2.38. The summed E-state index contributed by atoms with van der Waals surface area (Å²) in [6.07, 6.45) is 0. The second kappa shape index (κ2) is 7.75. The van der Waals surface area contributed by atoms with Gasteiger partial charge in [0.2, 0.25) is 6.54 Å². The molecule has 1 rings (SSSR count). The van der Waals surface area contributed by atoms with Gasteiger partial charge in [0.15, 0.2) is 0 Å². The van der Waals surface area contributed by atoms with Crippen molar-refractivity contribution >= 4 is 17.7 Å². The number of hydrogen-bond donors (Lipinski definition) is 0. The molecule has 0 amide bonds. The molecule has 1 aromatic carbocycles. The summed E-state index contributed by atoms with van der Waals surface area (Å²) in [5.41, 5.74) is 1.23. The summed E-state index contributed by atoms with van der Waals surface area (Å²) in [5, 5.41) is 0. The standard InChI is InChI=1S/C13H15NO2S/c1-14-8-12(13(15)16-2)10-17-9-11-6-4-3-5-7-11/h3-7,12H,8-10H2,2H3. The van der Waals surface area contributed by atoms with Crippen LogP contribution in [-0.2, 0) is 15.3 Å². The Morgan fingerprint density at radius 1 is 1.47 bits per heavy atom. The number of esters is 1. The van der Waals surface area contributed by atoms with Gasteiger partial charge in [0.1, 0.15) is 5.92 Å². The summed E-state index contributed by atoms with van der Waals surface area (Å²) in [6, 6.07) is 10.1. The van der Waals surface area contributed by atoms with Crippen LogP contribution in [0.2, 0.25) is 0 Å². The normalized spacial score (nSPS) is 11.5. The molecule has 1 aromatic rings.